The maximum Gasteiger partial charge on any atom is 0.226 e. The number of thioether (sulfide) groups is 1. The fourth-order valence-corrected chi connectivity index (χ4v) is 9.54. The minimum absolute atomic E-state index is 0.168. The molecule has 0 fully saturated rings. The van der Waals surface area contributed by atoms with Crippen molar-refractivity contribution in [3.05, 3.63) is 191 Å². The molecule has 326 valence electrons. The molecule has 0 unspecified atom stereocenters. The van der Waals surface area contributed by atoms with Gasteiger partial charge < -0.3 is 14.5 Å². The van der Waals surface area contributed by atoms with Crippen LogP contribution < -0.4 is 9.80 Å². The van der Waals surface area contributed by atoms with Gasteiger partial charge in [0.25, 0.3) is 0 Å². The number of amides is 1. The van der Waals surface area contributed by atoms with Crippen LogP contribution in [0.5, 0.6) is 0 Å². The molecule has 1 aliphatic heterocycles. The van der Waals surface area contributed by atoms with Crippen LogP contribution in [0.1, 0.15) is 98.1 Å². The third-order valence-electron chi connectivity index (χ3n) is 12.1. The van der Waals surface area contributed by atoms with E-state index < -0.39 is 0 Å². The van der Waals surface area contributed by atoms with Gasteiger partial charge in [0.1, 0.15) is 5.76 Å². The zero-order valence-corrected chi connectivity index (χ0v) is 38.6. The quantitative estimate of drug-likeness (QED) is 0.0550. The van der Waals surface area contributed by atoms with Crippen LogP contribution >= 0.6 is 11.8 Å². The third kappa shape index (κ3) is 11.5. The first kappa shape index (κ1) is 44.9. The van der Waals surface area contributed by atoms with Crippen LogP contribution in [0, 0.1) is 23.7 Å². The fourth-order valence-electron chi connectivity index (χ4n) is 8.56. The first-order valence-electron chi connectivity index (χ1n) is 23.4. The Hall–Kier alpha value is -6.66. The van der Waals surface area contributed by atoms with Crippen molar-refractivity contribution in [2.75, 3.05) is 42.3 Å². The van der Waals surface area contributed by atoms with E-state index in [4.69, 9.17) is 4.74 Å². The minimum Gasteiger partial charge on any atom is -0.491 e. The molecule has 0 aliphatic carbocycles. The largest absolute Gasteiger partial charge is 0.491 e. The van der Waals surface area contributed by atoms with Crippen LogP contribution in [0.4, 0.5) is 11.4 Å². The topological polar surface area (TPSA) is 32.8 Å². The number of nitrogens with zero attached hydrogens (tertiary/aromatic N) is 2. The highest BCUT2D eigenvalue weighted by molar-refractivity contribution is 8.08. The Labute approximate surface area is 390 Å². The lowest BCUT2D eigenvalue weighted by atomic mass is 9.91. The van der Waals surface area contributed by atoms with Crippen LogP contribution in [-0.2, 0) is 9.53 Å². The van der Waals surface area contributed by atoms with Crippen molar-refractivity contribution < 1.29 is 9.53 Å². The zero-order chi connectivity index (χ0) is 44.6. The number of anilines is 2. The molecule has 1 heterocycles. The van der Waals surface area contributed by atoms with Crippen LogP contribution in [0.25, 0.3) is 32.2 Å². The number of unbranched alkanes of at least 4 members (excludes halogenated alkanes) is 6. The van der Waals surface area contributed by atoms with E-state index in [9.17, 15) is 4.79 Å². The van der Waals surface area contributed by atoms with Gasteiger partial charge >= 0.3 is 0 Å². The van der Waals surface area contributed by atoms with Gasteiger partial charge in [0, 0.05) is 76.9 Å². The molecule has 0 radical (unpaired) electrons. The highest BCUT2D eigenvalue weighted by atomic mass is 32.2. The van der Waals surface area contributed by atoms with E-state index in [1.54, 1.807) is 0 Å². The Balaban J connectivity index is 1.04. The molecule has 1 aliphatic rings. The highest BCUT2D eigenvalue weighted by Crippen LogP contribution is 2.40. The SMILES string of the molecule is CCCCCCCCN(C(=O)CCCCN(C)c1ccc(C2=C(c3ccccc3)OCCS2)cc1)c1ccc2c(C#Cc3ccccc3)c3ccccc3c(C#Cc3ccccc3)c2c1. The van der Waals surface area contributed by atoms with Gasteiger partial charge in [0.2, 0.25) is 5.91 Å². The number of fused-ring (bicyclic) bond motifs is 2. The molecule has 0 saturated heterocycles. The van der Waals surface area contributed by atoms with Gasteiger partial charge in [-0.15, -0.1) is 11.8 Å². The predicted molar refractivity (Wildman–Crippen MR) is 277 cm³/mol. The van der Waals surface area contributed by atoms with Crippen molar-refractivity contribution in [2.45, 2.75) is 64.7 Å². The normalized spacial score (nSPS) is 12.2. The maximum atomic E-state index is 14.5. The summed E-state index contributed by atoms with van der Waals surface area (Å²) in [6, 6.07) is 54.5. The molecule has 0 aromatic heterocycles. The van der Waals surface area contributed by atoms with E-state index in [1.807, 2.05) is 83.4 Å². The Morgan fingerprint density at radius 2 is 1.11 bits per heavy atom. The van der Waals surface area contributed by atoms with Crippen LogP contribution in [-0.4, -0.2) is 38.4 Å². The molecule has 1 amide bonds. The van der Waals surface area contributed by atoms with Gasteiger partial charge in [-0.2, -0.15) is 0 Å². The van der Waals surface area contributed by atoms with E-state index in [0.29, 0.717) is 13.0 Å². The van der Waals surface area contributed by atoms with Crippen molar-refractivity contribution in [3.63, 3.8) is 0 Å². The second-order valence-corrected chi connectivity index (χ2v) is 17.8. The lowest BCUT2D eigenvalue weighted by Crippen LogP contribution is -2.32. The summed E-state index contributed by atoms with van der Waals surface area (Å²) in [5.74, 6) is 16.1. The lowest BCUT2D eigenvalue weighted by molar-refractivity contribution is -0.118. The van der Waals surface area contributed by atoms with Crippen molar-refractivity contribution in [2.24, 2.45) is 0 Å². The first-order valence-corrected chi connectivity index (χ1v) is 24.4. The smallest absolute Gasteiger partial charge is 0.226 e. The summed E-state index contributed by atoms with van der Waals surface area (Å²) in [7, 11) is 2.14. The fraction of sp³-hybridized carbons (Fsp3) is 0.250. The van der Waals surface area contributed by atoms with Gasteiger partial charge in [0.15, 0.2) is 0 Å². The van der Waals surface area contributed by atoms with Gasteiger partial charge in [-0.1, -0.05) is 172 Å². The second kappa shape index (κ2) is 22.8. The summed E-state index contributed by atoms with van der Waals surface area (Å²) < 4.78 is 6.18. The van der Waals surface area contributed by atoms with E-state index in [2.05, 4.69) is 134 Å². The van der Waals surface area contributed by atoms with E-state index in [-0.39, 0.29) is 5.91 Å². The zero-order valence-electron chi connectivity index (χ0n) is 37.8. The molecular weight excluding hydrogens is 813 g/mol. The Morgan fingerprint density at radius 1 is 0.554 bits per heavy atom. The van der Waals surface area contributed by atoms with Gasteiger partial charge in [0.05, 0.1) is 11.5 Å². The summed E-state index contributed by atoms with van der Waals surface area (Å²) in [6.45, 7) is 4.52. The van der Waals surface area contributed by atoms with Gasteiger partial charge in [-0.3, -0.25) is 4.79 Å². The van der Waals surface area contributed by atoms with Crippen molar-refractivity contribution in [3.8, 4) is 23.7 Å². The average Bonchev–Trinajstić information content (AvgIpc) is 3.36. The summed E-state index contributed by atoms with van der Waals surface area (Å²) in [5.41, 5.74) is 8.22. The molecule has 8 rings (SSSR count). The van der Waals surface area contributed by atoms with Gasteiger partial charge in [-0.05, 0) is 89.5 Å². The molecule has 4 nitrogen and oxygen atoms in total. The molecule has 0 N–H and O–H groups in total. The van der Waals surface area contributed by atoms with Gasteiger partial charge in [-0.25, -0.2) is 0 Å². The predicted octanol–water partition coefficient (Wildman–Crippen LogP) is 14.4. The molecular formula is C60H58N2O2S. The van der Waals surface area contributed by atoms with Crippen molar-refractivity contribution in [1.29, 1.82) is 0 Å². The van der Waals surface area contributed by atoms with Crippen LogP contribution in [0.3, 0.4) is 0 Å². The molecule has 7 aromatic rings. The molecule has 0 saturated carbocycles. The molecule has 7 aromatic carbocycles. The van der Waals surface area contributed by atoms with Crippen molar-refractivity contribution >= 4 is 61.3 Å². The Morgan fingerprint density at radius 3 is 1.77 bits per heavy atom. The number of rotatable bonds is 16. The number of carbonyl (C=O) groups is 1. The standard InChI is InChI=1S/C60H58N2O2S/c1-3-4-5-6-7-20-42-62(58(63)30-19-21-41-61(2)50-35-33-49(34-36-50)60-59(64-43-44-65-60)48-26-15-10-16-27-48)51-37-40-56-54(38-31-46-22-11-8-12-23-46)52-28-17-18-29-53(52)55(57(56)45-51)39-32-47-24-13-9-14-25-47/h8-18,22-29,33-37,40,45H,3-7,19-21,30,41-44H2,1-2H3. The van der Waals surface area contributed by atoms with Crippen molar-refractivity contribution in [1.82, 2.24) is 0 Å². The third-order valence-corrected chi connectivity index (χ3v) is 13.2. The molecule has 0 spiro atoms. The Kier molecular flexibility index (Phi) is 15.8. The number of ether oxygens (including phenoxy) is 1. The number of hydrogen-bond donors (Lipinski definition) is 0. The summed E-state index contributed by atoms with van der Waals surface area (Å²) in [5, 5.41) is 4.18. The van der Waals surface area contributed by atoms with E-state index in [1.165, 1.54) is 36.2 Å². The lowest BCUT2D eigenvalue weighted by Gasteiger charge is -2.25. The molecule has 5 heteroatoms. The van der Waals surface area contributed by atoms with Crippen LogP contribution in [0.2, 0.25) is 0 Å². The average molecular weight is 871 g/mol. The monoisotopic (exact) mass is 870 g/mol. The van der Waals surface area contributed by atoms with E-state index in [0.717, 1.165) is 111 Å². The number of hydrogen-bond acceptors (Lipinski definition) is 4. The second-order valence-electron chi connectivity index (χ2n) is 16.7. The Bertz CT molecular complexity index is 2850. The number of carbonyl (C=O) groups excluding carboxylic acids is 1. The van der Waals surface area contributed by atoms with Crippen LogP contribution in [0.15, 0.2) is 158 Å². The summed E-state index contributed by atoms with van der Waals surface area (Å²) in [4.78, 5) is 20.0. The molecule has 65 heavy (non-hydrogen) atoms. The highest BCUT2D eigenvalue weighted by Gasteiger charge is 2.21. The molecule has 0 bridgehead atoms. The summed E-state index contributed by atoms with van der Waals surface area (Å²) >= 11 is 1.86. The first-order chi connectivity index (χ1) is 32.1. The number of benzene rings is 7. The maximum absolute atomic E-state index is 14.5. The molecule has 0 atom stereocenters. The summed E-state index contributed by atoms with van der Waals surface area (Å²) in [6.07, 6.45) is 9.17. The van der Waals surface area contributed by atoms with E-state index >= 15 is 0 Å². The minimum atomic E-state index is 0.168.